The van der Waals surface area contributed by atoms with Gasteiger partial charge in [0.2, 0.25) is 0 Å². The fourth-order valence-corrected chi connectivity index (χ4v) is 3.18. The van der Waals surface area contributed by atoms with Crippen LogP contribution >= 0.6 is 0 Å². The van der Waals surface area contributed by atoms with Crippen LogP contribution in [0.25, 0.3) is 0 Å². The van der Waals surface area contributed by atoms with Gasteiger partial charge in [-0.3, -0.25) is 29.3 Å². The fourth-order valence-electron chi connectivity index (χ4n) is 3.18. The number of nitro groups is 1. The number of methoxy groups -OCH3 is 2. The Morgan fingerprint density at radius 2 is 1.34 bits per heavy atom. The van der Waals surface area contributed by atoms with Crippen molar-refractivity contribution in [2.24, 2.45) is 11.8 Å². The molecule has 0 aliphatic rings. The van der Waals surface area contributed by atoms with Gasteiger partial charge in [0.25, 0.3) is 5.69 Å². The van der Waals surface area contributed by atoms with E-state index in [4.69, 9.17) is 18.9 Å². The Morgan fingerprint density at radius 1 is 0.875 bits per heavy atom. The molecule has 0 bridgehead atoms. The van der Waals surface area contributed by atoms with E-state index in [0.717, 1.165) is 19.9 Å². The molecule has 1 aromatic rings. The highest BCUT2D eigenvalue weighted by molar-refractivity contribution is 6.04. The van der Waals surface area contributed by atoms with Crippen LogP contribution in [0, 0.1) is 22.0 Å². The zero-order chi connectivity index (χ0) is 24.3. The highest BCUT2D eigenvalue weighted by Crippen LogP contribution is 2.37. The quantitative estimate of drug-likeness (QED) is 0.133. The average Bonchev–Trinajstić information content (AvgIpc) is 2.73. The van der Waals surface area contributed by atoms with Crippen molar-refractivity contribution < 1.29 is 43.0 Å². The molecule has 0 spiro atoms. The van der Waals surface area contributed by atoms with Gasteiger partial charge in [-0.2, -0.15) is 0 Å². The van der Waals surface area contributed by atoms with Gasteiger partial charge in [0.05, 0.1) is 18.1 Å². The number of nitrogens with zero attached hydrogens (tertiary/aromatic N) is 1. The van der Waals surface area contributed by atoms with E-state index in [0.29, 0.717) is 0 Å². The van der Waals surface area contributed by atoms with E-state index < -0.39 is 46.2 Å². The van der Waals surface area contributed by atoms with E-state index in [1.54, 1.807) is 0 Å². The fraction of sp³-hybridized carbons (Fsp3) is 0.524. The lowest BCUT2D eigenvalue weighted by atomic mass is 9.73. The molecular formula is C21H27NO10. The van der Waals surface area contributed by atoms with Crippen LogP contribution in [-0.2, 0) is 38.1 Å². The number of nitro benzene ring substituents is 1. The highest BCUT2D eigenvalue weighted by Gasteiger charge is 2.45. The second-order valence-corrected chi connectivity index (χ2v) is 6.88. The molecule has 32 heavy (non-hydrogen) atoms. The zero-order valence-electron chi connectivity index (χ0n) is 18.4. The molecule has 0 heterocycles. The Hall–Kier alpha value is -3.18. The van der Waals surface area contributed by atoms with Crippen LogP contribution in [-0.4, -0.2) is 69.1 Å². The lowest BCUT2D eigenvalue weighted by molar-refractivity contribution is -0.385. The number of ketones is 2. The van der Waals surface area contributed by atoms with E-state index in [2.05, 4.69) is 0 Å². The summed E-state index contributed by atoms with van der Waals surface area (Å²) in [6.45, 7) is 2.02. The third kappa shape index (κ3) is 7.50. The first-order valence-electron chi connectivity index (χ1n) is 9.72. The summed E-state index contributed by atoms with van der Waals surface area (Å²) in [6.07, 6.45) is 0. The van der Waals surface area contributed by atoms with Crippen molar-refractivity contribution >= 4 is 29.2 Å². The molecule has 0 aromatic heterocycles. The number of Topliss-reactive ketones (excluding diaryl/α,β-unsaturated/α-hetero) is 2. The Bertz CT molecular complexity index is 798. The first-order valence-corrected chi connectivity index (χ1v) is 9.72. The summed E-state index contributed by atoms with van der Waals surface area (Å²) in [7, 11) is 2.79. The normalized spacial score (nSPS) is 12.7. The summed E-state index contributed by atoms with van der Waals surface area (Å²) < 4.78 is 19.8. The Balaban J connectivity index is 3.55. The van der Waals surface area contributed by atoms with E-state index in [9.17, 15) is 29.3 Å². The van der Waals surface area contributed by atoms with E-state index >= 15 is 0 Å². The Morgan fingerprint density at radius 3 is 1.72 bits per heavy atom. The molecule has 0 aliphatic heterocycles. The van der Waals surface area contributed by atoms with E-state index in [1.807, 2.05) is 0 Å². The molecule has 1 rings (SSSR count). The largest absolute Gasteiger partial charge is 0.463 e. The maximum absolute atomic E-state index is 12.8. The number of carbonyl (C=O) groups excluding carboxylic acids is 4. The van der Waals surface area contributed by atoms with Crippen molar-refractivity contribution in [1.29, 1.82) is 0 Å². The molecule has 0 radical (unpaired) electrons. The van der Waals surface area contributed by atoms with Crippen molar-refractivity contribution in [2.45, 2.75) is 19.8 Å². The summed E-state index contributed by atoms with van der Waals surface area (Å²) in [5, 5.41) is 11.3. The van der Waals surface area contributed by atoms with Gasteiger partial charge >= 0.3 is 11.9 Å². The van der Waals surface area contributed by atoms with Gasteiger partial charge in [0, 0.05) is 32.3 Å². The smallest absolute Gasteiger partial charge is 0.317 e. The second-order valence-electron chi connectivity index (χ2n) is 6.88. The zero-order valence-corrected chi connectivity index (χ0v) is 18.4. The minimum Gasteiger partial charge on any atom is -0.463 e. The number of ether oxygens (including phenoxy) is 4. The maximum atomic E-state index is 12.8. The summed E-state index contributed by atoms with van der Waals surface area (Å²) in [6, 6.07) is 5.05. The lowest BCUT2D eigenvalue weighted by Gasteiger charge is -2.29. The molecule has 1 aromatic carbocycles. The SMILES string of the molecule is COCCOC(=O)[C@H](C(C)=O)C(c1cccc([N+](=O)[O-])c1)[C@@H](C(C)=O)C(=O)OCCOC. The van der Waals surface area contributed by atoms with Crippen LogP contribution in [0.4, 0.5) is 5.69 Å². The minimum atomic E-state index is -1.59. The molecule has 0 fully saturated rings. The van der Waals surface area contributed by atoms with Crippen LogP contribution in [0.3, 0.4) is 0 Å². The molecule has 0 N–H and O–H groups in total. The molecule has 176 valence electrons. The number of carbonyl (C=O) groups is 4. The maximum Gasteiger partial charge on any atom is 0.317 e. The molecule has 0 unspecified atom stereocenters. The number of hydrogen-bond acceptors (Lipinski definition) is 10. The number of esters is 2. The molecule has 11 nitrogen and oxygen atoms in total. The predicted molar refractivity (Wildman–Crippen MR) is 110 cm³/mol. The third-order valence-electron chi connectivity index (χ3n) is 4.63. The predicted octanol–water partition coefficient (Wildman–Crippen LogP) is 1.47. The minimum absolute atomic E-state index is 0.0625. The number of non-ortho nitro benzene ring substituents is 1. The van der Waals surface area contributed by atoms with Gasteiger partial charge < -0.3 is 18.9 Å². The van der Waals surface area contributed by atoms with Gasteiger partial charge in [0.1, 0.15) is 36.6 Å². The van der Waals surface area contributed by atoms with Crippen molar-refractivity contribution in [1.82, 2.24) is 0 Å². The molecule has 0 saturated carbocycles. The number of benzene rings is 1. The standard InChI is InChI=1S/C21H27NO10/c1-13(23)17(20(25)31-10-8-29-3)19(15-6-5-7-16(12-15)22(27)28)18(14(2)24)21(26)32-11-9-30-4/h5-7,12,17-19H,8-11H2,1-4H3/t17-,18-/m1/s1. The first kappa shape index (κ1) is 26.9. The molecule has 11 heteroatoms. The third-order valence-corrected chi connectivity index (χ3v) is 4.63. The van der Waals surface area contributed by atoms with Crippen LogP contribution < -0.4 is 0 Å². The van der Waals surface area contributed by atoms with Gasteiger partial charge in [-0.1, -0.05) is 12.1 Å². The molecule has 0 amide bonds. The van der Waals surface area contributed by atoms with Crippen LogP contribution in [0.1, 0.15) is 25.3 Å². The van der Waals surface area contributed by atoms with Crippen molar-refractivity contribution in [3.63, 3.8) is 0 Å². The summed E-state index contributed by atoms with van der Waals surface area (Å²) >= 11 is 0. The summed E-state index contributed by atoms with van der Waals surface area (Å²) in [5.74, 6) is -7.88. The Labute approximate surface area is 185 Å². The molecular weight excluding hydrogens is 426 g/mol. The number of rotatable bonds is 14. The van der Waals surface area contributed by atoms with Crippen LogP contribution in [0.5, 0.6) is 0 Å². The van der Waals surface area contributed by atoms with Crippen molar-refractivity contribution in [3.8, 4) is 0 Å². The first-order chi connectivity index (χ1) is 15.1. The Kier molecular flexibility index (Phi) is 11.1. The average molecular weight is 453 g/mol. The van der Waals surface area contributed by atoms with E-state index in [1.165, 1.54) is 32.4 Å². The van der Waals surface area contributed by atoms with Gasteiger partial charge in [-0.15, -0.1) is 0 Å². The van der Waals surface area contributed by atoms with Crippen LogP contribution in [0.15, 0.2) is 24.3 Å². The van der Waals surface area contributed by atoms with Crippen molar-refractivity contribution in [2.75, 3.05) is 40.6 Å². The van der Waals surface area contributed by atoms with Crippen LogP contribution in [0.2, 0.25) is 0 Å². The molecule has 2 atom stereocenters. The van der Waals surface area contributed by atoms with E-state index in [-0.39, 0.29) is 37.7 Å². The summed E-state index contributed by atoms with van der Waals surface area (Å²) in [5.41, 5.74) is -0.260. The highest BCUT2D eigenvalue weighted by atomic mass is 16.6. The second kappa shape index (κ2) is 13.3. The lowest BCUT2D eigenvalue weighted by Crippen LogP contribution is -2.41. The molecule has 0 saturated heterocycles. The van der Waals surface area contributed by atoms with Gasteiger partial charge in [-0.25, -0.2) is 0 Å². The monoisotopic (exact) mass is 453 g/mol. The van der Waals surface area contributed by atoms with Crippen molar-refractivity contribution in [3.05, 3.63) is 39.9 Å². The topological polar surface area (TPSA) is 148 Å². The summed E-state index contributed by atoms with van der Waals surface area (Å²) in [4.78, 5) is 61.2. The van der Waals surface area contributed by atoms with Gasteiger partial charge in [-0.05, 0) is 19.4 Å². The number of hydrogen-bond donors (Lipinski definition) is 0. The molecule has 0 aliphatic carbocycles. The van der Waals surface area contributed by atoms with Gasteiger partial charge in [0.15, 0.2) is 0 Å².